The van der Waals surface area contributed by atoms with Gasteiger partial charge in [-0.1, -0.05) is 6.08 Å². The Morgan fingerprint density at radius 1 is 1.17 bits per heavy atom. The summed E-state index contributed by atoms with van der Waals surface area (Å²) in [6, 6.07) is 4.73. The number of aromatic amines is 1. The fourth-order valence-electron chi connectivity index (χ4n) is 5.16. The predicted molar refractivity (Wildman–Crippen MR) is 136 cm³/mol. The van der Waals surface area contributed by atoms with Gasteiger partial charge < -0.3 is 29.5 Å². The second-order valence-electron chi connectivity index (χ2n) is 9.13. The topological polar surface area (TPSA) is 97.8 Å². The molecular formula is C26H32N6O3. The molecular weight excluding hydrogens is 444 g/mol. The largest absolute Gasteiger partial charge is 0.467 e. The summed E-state index contributed by atoms with van der Waals surface area (Å²) in [7, 11) is 1.60. The number of nitrogens with one attached hydrogen (secondary N) is 1. The quantitative estimate of drug-likeness (QED) is 0.546. The van der Waals surface area contributed by atoms with Crippen LogP contribution in [0.2, 0.25) is 0 Å². The third-order valence-electron chi connectivity index (χ3n) is 7.12. The Morgan fingerprint density at radius 2 is 1.97 bits per heavy atom. The van der Waals surface area contributed by atoms with Crippen molar-refractivity contribution in [3.05, 3.63) is 52.9 Å². The summed E-state index contributed by atoms with van der Waals surface area (Å²) in [5, 5.41) is 10.2. The number of aliphatic hydroxyl groups is 1. The number of rotatable bonds is 5. The zero-order chi connectivity index (χ0) is 24.5. The van der Waals surface area contributed by atoms with E-state index >= 15 is 0 Å². The number of piperazine rings is 1. The molecule has 9 heteroatoms. The van der Waals surface area contributed by atoms with Crippen LogP contribution in [0.1, 0.15) is 22.4 Å². The molecule has 0 unspecified atom stereocenters. The molecule has 0 spiro atoms. The van der Waals surface area contributed by atoms with E-state index in [-0.39, 0.29) is 12.5 Å². The zero-order valence-corrected chi connectivity index (χ0v) is 20.5. The highest BCUT2D eigenvalue weighted by Crippen LogP contribution is 2.37. The number of nitrogens with zero attached hydrogens (tertiary/aromatic N) is 5. The van der Waals surface area contributed by atoms with Crippen LogP contribution in [0.4, 0.5) is 11.5 Å². The summed E-state index contributed by atoms with van der Waals surface area (Å²) >= 11 is 0. The fraction of sp³-hybridized carbons (Fsp3) is 0.423. The van der Waals surface area contributed by atoms with E-state index in [4.69, 9.17) is 19.8 Å². The zero-order valence-electron chi connectivity index (χ0n) is 20.5. The maximum Gasteiger partial charge on any atom is 0.318 e. The molecule has 1 amide bonds. The first-order valence-corrected chi connectivity index (χ1v) is 12.1. The fourth-order valence-corrected chi connectivity index (χ4v) is 5.16. The normalized spacial score (nSPS) is 16.3. The molecule has 2 aliphatic heterocycles. The summed E-state index contributed by atoms with van der Waals surface area (Å²) < 4.78 is 5.49. The van der Waals surface area contributed by atoms with Crippen LogP contribution in [0.15, 0.2) is 30.5 Å². The Balaban J connectivity index is 1.42. The van der Waals surface area contributed by atoms with Crippen LogP contribution in [-0.2, 0) is 17.8 Å². The van der Waals surface area contributed by atoms with Crippen molar-refractivity contribution in [3.8, 4) is 6.01 Å². The van der Waals surface area contributed by atoms with E-state index in [0.717, 1.165) is 35.6 Å². The number of methoxy groups -OCH3 is 1. The third-order valence-corrected chi connectivity index (χ3v) is 7.12. The molecule has 35 heavy (non-hydrogen) atoms. The molecule has 0 bridgehead atoms. The highest BCUT2D eigenvalue weighted by atomic mass is 16.5. The van der Waals surface area contributed by atoms with Crippen LogP contribution < -0.4 is 14.5 Å². The Kier molecular flexibility index (Phi) is 6.34. The lowest BCUT2D eigenvalue weighted by Crippen LogP contribution is -2.49. The number of aromatic nitrogens is 3. The standard InChI is InChI=1S/C26H32N6O3/c1-17-15-21-19(6-8-27-21)24(18(17)2)32-9-7-20-22(16-32)28-26(35-3)29-25(20)31-12-10-30(11-13-31)23(34)5-4-14-33/h4-6,8,15,27,33H,7,9-14,16H2,1-3H3/b5-4+. The van der Waals surface area contributed by atoms with Gasteiger partial charge >= 0.3 is 6.01 Å². The Hall–Kier alpha value is -3.59. The Labute approximate surface area is 205 Å². The number of ether oxygens (including phenoxy) is 1. The van der Waals surface area contributed by atoms with Crippen LogP contribution in [0.3, 0.4) is 0 Å². The monoisotopic (exact) mass is 476 g/mol. The van der Waals surface area contributed by atoms with E-state index in [2.05, 4.69) is 40.8 Å². The van der Waals surface area contributed by atoms with Gasteiger partial charge in [-0.2, -0.15) is 9.97 Å². The third kappa shape index (κ3) is 4.32. The number of carbonyl (C=O) groups is 1. The van der Waals surface area contributed by atoms with Gasteiger partial charge in [-0.25, -0.2) is 0 Å². The van der Waals surface area contributed by atoms with E-state index in [1.165, 1.54) is 34.4 Å². The average Bonchev–Trinajstić information content (AvgIpc) is 3.34. The van der Waals surface area contributed by atoms with Crippen molar-refractivity contribution in [1.82, 2.24) is 19.9 Å². The first kappa shape index (κ1) is 23.2. The number of hydrogen-bond acceptors (Lipinski definition) is 7. The van der Waals surface area contributed by atoms with E-state index in [9.17, 15) is 4.79 Å². The van der Waals surface area contributed by atoms with E-state index < -0.39 is 0 Å². The molecule has 1 saturated heterocycles. The molecule has 1 aromatic carbocycles. The van der Waals surface area contributed by atoms with Crippen molar-refractivity contribution in [2.24, 2.45) is 0 Å². The predicted octanol–water partition coefficient (Wildman–Crippen LogP) is 2.34. The smallest absolute Gasteiger partial charge is 0.318 e. The molecule has 4 heterocycles. The van der Waals surface area contributed by atoms with E-state index in [1.807, 2.05) is 6.20 Å². The van der Waals surface area contributed by atoms with Gasteiger partial charge in [0.05, 0.1) is 26.0 Å². The molecule has 0 radical (unpaired) electrons. The van der Waals surface area contributed by atoms with Crippen molar-refractivity contribution < 1.29 is 14.6 Å². The van der Waals surface area contributed by atoms with E-state index in [1.54, 1.807) is 12.0 Å². The lowest BCUT2D eigenvalue weighted by atomic mass is 9.99. The Morgan fingerprint density at radius 3 is 2.71 bits per heavy atom. The van der Waals surface area contributed by atoms with Crippen LogP contribution in [0.25, 0.3) is 10.9 Å². The van der Waals surface area contributed by atoms with E-state index in [0.29, 0.717) is 38.7 Å². The summed E-state index contributed by atoms with van der Waals surface area (Å²) in [6.07, 6.45) is 5.75. The number of aliphatic hydroxyl groups excluding tert-OH is 1. The number of hydrogen-bond donors (Lipinski definition) is 2. The molecule has 2 N–H and O–H groups in total. The van der Waals surface area contributed by atoms with Gasteiger partial charge in [0.25, 0.3) is 0 Å². The van der Waals surface area contributed by atoms with Crippen molar-refractivity contribution >= 4 is 28.3 Å². The van der Waals surface area contributed by atoms with Gasteiger partial charge in [-0.3, -0.25) is 4.79 Å². The van der Waals surface area contributed by atoms with Gasteiger partial charge in [-0.15, -0.1) is 0 Å². The Bertz CT molecular complexity index is 1280. The van der Waals surface area contributed by atoms with Crippen molar-refractivity contribution in [2.45, 2.75) is 26.8 Å². The minimum atomic E-state index is -0.132. The molecule has 0 aliphatic carbocycles. The minimum Gasteiger partial charge on any atom is -0.467 e. The number of carbonyl (C=O) groups excluding carboxylic acids is 1. The highest BCUT2D eigenvalue weighted by molar-refractivity contribution is 5.95. The second kappa shape index (κ2) is 9.58. The summed E-state index contributed by atoms with van der Waals surface area (Å²) in [4.78, 5) is 31.6. The molecule has 0 saturated carbocycles. The lowest BCUT2D eigenvalue weighted by molar-refractivity contribution is -0.126. The van der Waals surface area contributed by atoms with Crippen molar-refractivity contribution in [2.75, 3.05) is 56.2 Å². The summed E-state index contributed by atoms with van der Waals surface area (Å²) in [5.41, 5.74) is 7.12. The van der Waals surface area contributed by atoms with Gasteiger partial charge in [0.15, 0.2) is 0 Å². The van der Waals surface area contributed by atoms with Gasteiger partial charge in [0.2, 0.25) is 5.91 Å². The molecule has 5 rings (SSSR count). The molecule has 1 fully saturated rings. The molecule has 2 aromatic heterocycles. The SMILES string of the molecule is COc1nc2c(c(N3CCN(C(=O)/C=C/CO)CC3)n1)CCN(c1c(C)c(C)cc3[nH]ccc13)C2. The highest BCUT2D eigenvalue weighted by Gasteiger charge is 2.29. The molecule has 9 nitrogen and oxygen atoms in total. The van der Waals surface area contributed by atoms with Gasteiger partial charge in [0.1, 0.15) is 5.82 Å². The first-order valence-electron chi connectivity index (χ1n) is 12.1. The van der Waals surface area contributed by atoms with Crippen LogP contribution in [0.5, 0.6) is 6.01 Å². The first-order chi connectivity index (χ1) is 17.0. The number of fused-ring (bicyclic) bond motifs is 2. The van der Waals surface area contributed by atoms with Crippen LogP contribution in [0, 0.1) is 13.8 Å². The average molecular weight is 477 g/mol. The number of H-pyrrole nitrogens is 1. The van der Waals surface area contributed by atoms with Crippen molar-refractivity contribution in [1.29, 1.82) is 0 Å². The van der Waals surface area contributed by atoms with Crippen molar-refractivity contribution in [3.63, 3.8) is 0 Å². The molecule has 184 valence electrons. The van der Waals surface area contributed by atoms with Crippen LogP contribution >= 0.6 is 0 Å². The van der Waals surface area contributed by atoms with Gasteiger partial charge in [-0.05, 0) is 43.5 Å². The number of amides is 1. The number of aryl methyl sites for hydroxylation is 1. The summed E-state index contributed by atoms with van der Waals surface area (Å²) in [6.45, 7) is 8.38. The lowest BCUT2D eigenvalue weighted by Gasteiger charge is -2.38. The van der Waals surface area contributed by atoms with Crippen LogP contribution in [-0.4, -0.2) is 77.3 Å². The molecule has 0 atom stereocenters. The minimum absolute atomic E-state index is 0.0683. The maximum absolute atomic E-state index is 12.3. The summed E-state index contributed by atoms with van der Waals surface area (Å²) in [5.74, 6) is 0.846. The second-order valence-corrected chi connectivity index (χ2v) is 9.13. The van der Waals surface area contributed by atoms with Gasteiger partial charge in [0, 0.05) is 67.2 Å². The number of anilines is 2. The number of benzene rings is 1. The molecule has 3 aromatic rings. The maximum atomic E-state index is 12.3. The molecule has 2 aliphatic rings.